The number of benzene rings is 10. The minimum atomic E-state index is 0.857. The smallest absolute Gasteiger partial charge is 0.145 e. The second kappa shape index (κ2) is 13.4. The molecule has 276 valence electrons. The number of para-hydroxylation sites is 3. The molecule has 0 spiro atoms. The summed E-state index contributed by atoms with van der Waals surface area (Å²) in [4.78, 5) is 2.41. The topological polar surface area (TPSA) is 29.5 Å². The average Bonchev–Trinajstić information content (AvgIpc) is 3.89. The Hall–Kier alpha value is -7.88. The third-order valence-electron chi connectivity index (χ3n) is 11.9. The average molecular weight is 754 g/mol. The molecule has 0 amide bonds. The van der Waals surface area contributed by atoms with Crippen molar-refractivity contribution in [3.63, 3.8) is 0 Å². The summed E-state index contributed by atoms with van der Waals surface area (Å²) in [6, 6.07) is 75.6. The molecule has 0 aliphatic carbocycles. The van der Waals surface area contributed by atoms with Crippen molar-refractivity contribution < 1.29 is 8.83 Å². The van der Waals surface area contributed by atoms with E-state index in [-0.39, 0.29) is 0 Å². The van der Waals surface area contributed by atoms with E-state index in [2.05, 4.69) is 199 Å². The van der Waals surface area contributed by atoms with Crippen molar-refractivity contribution in [2.24, 2.45) is 0 Å². The van der Waals surface area contributed by atoms with Gasteiger partial charge in [-0.3, -0.25) is 0 Å². The molecule has 12 rings (SSSR count). The van der Waals surface area contributed by atoms with E-state index >= 15 is 0 Å². The van der Waals surface area contributed by atoms with E-state index in [1.165, 1.54) is 32.7 Å². The summed E-state index contributed by atoms with van der Waals surface area (Å²) in [5.74, 6) is 0. The van der Waals surface area contributed by atoms with Gasteiger partial charge in [0.2, 0.25) is 0 Å². The van der Waals surface area contributed by atoms with Crippen LogP contribution < -0.4 is 4.90 Å². The first-order valence-electron chi connectivity index (χ1n) is 20.1. The SMILES string of the molecule is c1ccc(-c2ccc(-c3ccc(N(c4ccc(-c5cccc6c5oc5ccccc56)cc4)c4cccc5c4ccc4ccccc45)c4c3oc3ccccc34)cc2)cc1. The van der Waals surface area contributed by atoms with Gasteiger partial charge >= 0.3 is 0 Å². The van der Waals surface area contributed by atoms with Crippen LogP contribution in [-0.2, 0) is 0 Å². The van der Waals surface area contributed by atoms with E-state index in [0.717, 1.165) is 83.2 Å². The monoisotopic (exact) mass is 753 g/mol. The summed E-state index contributed by atoms with van der Waals surface area (Å²) in [6.45, 7) is 0. The molecule has 3 heteroatoms. The van der Waals surface area contributed by atoms with Gasteiger partial charge in [0.05, 0.1) is 16.8 Å². The van der Waals surface area contributed by atoms with Gasteiger partial charge in [0.1, 0.15) is 22.3 Å². The van der Waals surface area contributed by atoms with Crippen LogP contribution in [0.2, 0.25) is 0 Å². The highest BCUT2D eigenvalue weighted by Gasteiger charge is 2.24. The van der Waals surface area contributed by atoms with Gasteiger partial charge in [-0.15, -0.1) is 0 Å². The van der Waals surface area contributed by atoms with E-state index in [9.17, 15) is 0 Å². The van der Waals surface area contributed by atoms with E-state index in [1.807, 2.05) is 18.2 Å². The highest BCUT2D eigenvalue weighted by Crippen LogP contribution is 2.48. The number of hydrogen-bond donors (Lipinski definition) is 0. The van der Waals surface area contributed by atoms with E-state index in [1.54, 1.807) is 0 Å². The molecule has 0 bridgehead atoms. The minimum absolute atomic E-state index is 0.857. The van der Waals surface area contributed by atoms with Crippen molar-refractivity contribution >= 4 is 82.5 Å². The Morgan fingerprint density at radius 2 is 0.864 bits per heavy atom. The van der Waals surface area contributed by atoms with Gasteiger partial charge in [-0.2, -0.15) is 0 Å². The zero-order valence-electron chi connectivity index (χ0n) is 32.0. The number of furan rings is 2. The molecule has 3 nitrogen and oxygen atoms in total. The fraction of sp³-hybridized carbons (Fsp3) is 0. The summed E-state index contributed by atoms with van der Waals surface area (Å²) in [5.41, 5.74) is 13.4. The van der Waals surface area contributed by atoms with E-state index in [0.29, 0.717) is 0 Å². The van der Waals surface area contributed by atoms with Crippen molar-refractivity contribution in [1.82, 2.24) is 0 Å². The lowest BCUT2D eigenvalue weighted by atomic mass is 9.96. The quantitative estimate of drug-likeness (QED) is 0.158. The van der Waals surface area contributed by atoms with Crippen LogP contribution in [0, 0.1) is 0 Å². The summed E-state index contributed by atoms with van der Waals surface area (Å²) >= 11 is 0. The Bertz CT molecular complexity index is 3540. The molecule has 10 aromatic carbocycles. The Morgan fingerprint density at radius 3 is 1.68 bits per heavy atom. The van der Waals surface area contributed by atoms with E-state index < -0.39 is 0 Å². The van der Waals surface area contributed by atoms with Crippen molar-refractivity contribution in [3.8, 4) is 33.4 Å². The Balaban J connectivity index is 1.08. The maximum Gasteiger partial charge on any atom is 0.145 e. The third kappa shape index (κ3) is 5.36. The standard InChI is InChI=1S/C56H35NO2/c1-2-12-36(13-3-1)37-24-26-39(27-25-37)44-34-35-51(54-49-17-7-9-23-53(49)59-56(44)54)57(50-21-11-19-45-42-15-5-4-14-38(42)30-33-46(45)50)41-31-28-40(29-32-41)43-18-10-20-48-47-16-6-8-22-52(47)58-55(43)48/h1-35H. The molecule has 0 radical (unpaired) electrons. The molecular formula is C56H35NO2. The van der Waals surface area contributed by atoms with E-state index in [4.69, 9.17) is 8.83 Å². The second-order valence-corrected chi connectivity index (χ2v) is 15.2. The normalized spacial score (nSPS) is 11.7. The van der Waals surface area contributed by atoms with Crippen LogP contribution in [0.15, 0.2) is 221 Å². The minimum Gasteiger partial charge on any atom is -0.455 e. The number of nitrogens with zero attached hydrogens (tertiary/aromatic N) is 1. The third-order valence-corrected chi connectivity index (χ3v) is 11.9. The van der Waals surface area contributed by atoms with Crippen molar-refractivity contribution in [2.45, 2.75) is 0 Å². The molecule has 0 N–H and O–H groups in total. The number of fused-ring (bicyclic) bond motifs is 9. The van der Waals surface area contributed by atoms with Crippen LogP contribution in [0.5, 0.6) is 0 Å². The van der Waals surface area contributed by atoms with Gasteiger partial charge in [-0.1, -0.05) is 170 Å². The molecule has 59 heavy (non-hydrogen) atoms. The lowest BCUT2D eigenvalue weighted by Crippen LogP contribution is -2.11. The molecule has 0 saturated heterocycles. The summed E-state index contributed by atoms with van der Waals surface area (Å²) in [5, 5.41) is 9.22. The van der Waals surface area contributed by atoms with Crippen molar-refractivity contribution in [1.29, 1.82) is 0 Å². The van der Waals surface area contributed by atoms with Gasteiger partial charge in [0.15, 0.2) is 0 Å². The Morgan fingerprint density at radius 1 is 0.288 bits per heavy atom. The molecular weight excluding hydrogens is 719 g/mol. The molecule has 0 aliphatic rings. The highest BCUT2D eigenvalue weighted by molar-refractivity contribution is 6.19. The van der Waals surface area contributed by atoms with Crippen LogP contribution in [0.25, 0.3) is 98.8 Å². The van der Waals surface area contributed by atoms with Crippen molar-refractivity contribution in [3.05, 3.63) is 212 Å². The molecule has 0 aliphatic heterocycles. The molecule has 2 aromatic heterocycles. The predicted molar refractivity (Wildman–Crippen MR) is 247 cm³/mol. The van der Waals surface area contributed by atoms with Gasteiger partial charge in [-0.25, -0.2) is 0 Å². The fourth-order valence-electron chi connectivity index (χ4n) is 9.09. The van der Waals surface area contributed by atoms with Gasteiger partial charge < -0.3 is 13.7 Å². The molecule has 0 saturated carbocycles. The van der Waals surface area contributed by atoms with Gasteiger partial charge in [-0.05, 0) is 80.9 Å². The molecule has 2 heterocycles. The van der Waals surface area contributed by atoms with Crippen molar-refractivity contribution in [2.75, 3.05) is 4.90 Å². The maximum absolute atomic E-state index is 6.87. The Kier molecular flexibility index (Phi) is 7.54. The van der Waals surface area contributed by atoms with Gasteiger partial charge in [0, 0.05) is 38.4 Å². The summed E-state index contributed by atoms with van der Waals surface area (Å²) in [6.07, 6.45) is 0. The van der Waals surface area contributed by atoms with Crippen LogP contribution in [0.4, 0.5) is 17.1 Å². The lowest BCUT2D eigenvalue weighted by molar-refractivity contribution is 0.669. The highest BCUT2D eigenvalue weighted by atomic mass is 16.3. The number of rotatable bonds is 6. The van der Waals surface area contributed by atoms with Crippen LogP contribution >= 0.6 is 0 Å². The summed E-state index contributed by atoms with van der Waals surface area (Å²) < 4.78 is 13.3. The van der Waals surface area contributed by atoms with Gasteiger partial charge in [0.25, 0.3) is 0 Å². The van der Waals surface area contributed by atoms with Crippen LogP contribution in [-0.4, -0.2) is 0 Å². The fourth-order valence-corrected chi connectivity index (χ4v) is 9.09. The second-order valence-electron chi connectivity index (χ2n) is 15.2. The Labute approximate surface area is 340 Å². The first-order valence-corrected chi connectivity index (χ1v) is 20.1. The number of hydrogen-bond acceptors (Lipinski definition) is 3. The lowest BCUT2D eigenvalue weighted by Gasteiger charge is -2.28. The molecule has 12 aromatic rings. The number of anilines is 3. The molecule has 0 unspecified atom stereocenters. The largest absolute Gasteiger partial charge is 0.455 e. The molecule has 0 fully saturated rings. The predicted octanol–water partition coefficient (Wildman–Crippen LogP) is 16.3. The maximum atomic E-state index is 6.87. The zero-order valence-corrected chi connectivity index (χ0v) is 32.0. The first-order chi connectivity index (χ1) is 29.3. The first kappa shape index (κ1) is 33.3. The summed E-state index contributed by atoms with van der Waals surface area (Å²) in [7, 11) is 0. The molecule has 0 atom stereocenters. The van der Waals surface area contributed by atoms with Crippen LogP contribution in [0.3, 0.4) is 0 Å². The zero-order chi connectivity index (χ0) is 38.9. The van der Waals surface area contributed by atoms with Crippen LogP contribution in [0.1, 0.15) is 0 Å².